The number of ether oxygens (including phenoxy) is 3. The first kappa shape index (κ1) is 17.6. The Bertz CT molecular complexity index is 745. The maximum atomic E-state index is 5.74. The molecule has 4 rings (SSSR count). The minimum absolute atomic E-state index is 0.247. The number of rotatable bonds is 5. The zero-order chi connectivity index (χ0) is 17.8. The van der Waals surface area contributed by atoms with Crippen LogP contribution in [0.3, 0.4) is 0 Å². The lowest BCUT2D eigenvalue weighted by Crippen LogP contribution is -2.42. The lowest BCUT2D eigenvalue weighted by Gasteiger charge is -2.28. The summed E-state index contributed by atoms with van der Waals surface area (Å²) in [5.41, 5.74) is 0.993. The average Bonchev–Trinajstić information content (AvgIpc) is 3.37. The summed E-state index contributed by atoms with van der Waals surface area (Å²) in [6.45, 7) is 3.47. The summed E-state index contributed by atoms with van der Waals surface area (Å²) in [5, 5.41) is 6.16. The number of hydrogen-bond acceptors (Lipinski definition) is 5. The summed E-state index contributed by atoms with van der Waals surface area (Å²) < 4.78 is 17.1. The lowest BCUT2D eigenvalue weighted by molar-refractivity contribution is 0.114. The highest BCUT2D eigenvalue weighted by molar-refractivity contribution is 7.80. The van der Waals surface area contributed by atoms with Gasteiger partial charge in [0, 0.05) is 29.8 Å². The van der Waals surface area contributed by atoms with Gasteiger partial charge in [0.15, 0.2) is 16.6 Å². The van der Waals surface area contributed by atoms with Crippen molar-refractivity contribution in [3.63, 3.8) is 0 Å². The topological polar surface area (TPSA) is 43.0 Å². The molecule has 0 spiro atoms. The second kappa shape index (κ2) is 8.24. The Kier molecular flexibility index (Phi) is 5.57. The Balaban J connectivity index is 1.52. The molecule has 0 bridgehead atoms. The predicted molar refractivity (Wildman–Crippen MR) is 108 cm³/mol. The molecule has 2 aliphatic heterocycles. The molecule has 1 aromatic heterocycles. The fraction of sp³-hybridized carbons (Fsp3) is 0.421. The Morgan fingerprint density at radius 3 is 2.85 bits per heavy atom. The van der Waals surface area contributed by atoms with Gasteiger partial charge in [-0.25, -0.2) is 0 Å². The third-order valence-electron chi connectivity index (χ3n) is 4.48. The van der Waals surface area contributed by atoms with Crippen molar-refractivity contribution in [3.8, 4) is 11.5 Å². The van der Waals surface area contributed by atoms with Crippen molar-refractivity contribution in [3.05, 3.63) is 40.6 Å². The van der Waals surface area contributed by atoms with Gasteiger partial charge in [-0.3, -0.25) is 0 Å². The molecule has 1 N–H and O–H groups in total. The van der Waals surface area contributed by atoms with E-state index in [0.29, 0.717) is 24.9 Å². The maximum Gasteiger partial charge on any atom is 0.173 e. The second-order valence-corrected chi connectivity index (χ2v) is 7.73. The fourth-order valence-electron chi connectivity index (χ4n) is 3.14. The van der Waals surface area contributed by atoms with Crippen LogP contribution in [0.15, 0.2) is 35.7 Å². The van der Waals surface area contributed by atoms with Crippen molar-refractivity contribution >= 4 is 34.4 Å². The normalized spacial score (nSPS) is 18.5. The molecule has 7 heteroatoms. The van der Waals surface area contributed by atoms with Gasteiger partial charge in [-0.1, -0.05) is 6.07 Å². The van der Waals surface area contributed by atoms with E-state index in [1.165, 1.54) is 4.88 Å². The Morgan fingerprint density at radius 1 is 1.19 bits per heavy atom. The van der Waals surface area contributed by atoms with E-state index in [2.05, 4.69) is 27.7 Å². The molecule has 5 nitrogen and oxygen atoms in total. The van der Waals surface area contributed by atoms with Crippen LogP contribution < -0.4 is 19.7 Å². The van der Waals surface area contributed by atoms with E-state index in [-0.39, 0.29) is 6.10 Å². The largest absolute Gasteiger partial charge is 0.486 e. The van der Waals surface area contributed by atoms with Crippen molar-refractivity contribution in [2.75, 3.05) is 31.3 Å². The van der Waals surface area contributed by atoms with Crippen molar-refractivity contribution < 1.29 is 14.2 Å². The average molecular weight is 391 g/mol. The van der Waals surface area contributed by atoms with E-state index in [9.17, 15) is 0 Å². The molecule has 138 valence electrons. The van der Waals surface area contributed by atoms with Gasteiger partial charge < -0.3 is 24.4 Å². The number of fused-ring (bicyclic) bond motifs is 1. The summed E-state index contributed by atoms with van der Waals surface area (Å²) in [6, 6.07) is 10.2. The quantitative estimate of drug-likeness (QED) is 0.788. The van der Waals surface area contributed by atoms with Crippen molar-refractivity contribution in [2.24, 2.45) is 0 Å². The predicted octanol–water partition coefficient (Wildman–Crippen LogP) is 3.58. The van der Waals surface area contributed by atoms with E-state index in [1.54, 1.807) is 11.3 Å². The molecule has 3 heterocycles. The number of thiocarbonyl (C=S) groups is 1. The van der Waals surface area contributed by atoms with E-state index < -0.39 is 0 Å². The van der Waals surface area contributed by atoms with Crippen molar-refractivity contribution in [1.82, 2.24) is 5.32 Å². The van der Waals surface area contributed by atoms with Gasteiger partial charge in [-0.15, -0.1) is 11.3 Å². The Hall–Kier alpha value is -1.83. The van der Waals surface area contributed by atoms with Gasteiger partial charge in [-0.2, -0.15) is 0 Å². The molecule has 1 fully saturated rings. The molecular weight excluding hydrogens is 368 g/mol. The van der Waals surface area contributed by atoms with Crippen LogP contribution in [0.25, 0.3) is 0 Å². The van der Waals surface area contributed by atoms with E-state index in [0.717, 1.165) is 43.2 Å². The number of nitrogens with one attached hydrogen (secondary N) is 1. The summed E-state index contributed by atoms with van der Waals surface area (Å²) in [4.78, 5) is 3.36. The third-order valence-corrected chi connectivity index (χ3v) is 5.71. The minimum atomic E-state index is 0.247. The highest BCUT2D eigenvalue weighted by Gasteiger charge is 2.20. The number of anilines is 1. The zero-order valence-corrected chi connectivity index (χ0v) is 16.1. The van der Waals surface area contributed by atoms with Crippen molar-refractivity contribution in [1.29, 1.82) is 0 Å². The van der Waals surface area contributed by atoms with E-state index >= 15 is 0 Å². The van der Waals surface area contributed by atoms with Crippen LogP contribution in [0.2, 0.25) is 0 Å². The number of thiophene rings is 1. The first-order valence-corrected chi connectivity index (χ1v) is 10.2. The first-order valence-electron chi connectivity index (χ1n) is 8.88. The molecule has 0 saturated carbocycles. The van der Waals surface area contributed by atoms with Gasteiger partial charge in [0.05, 0.1) is 12.6 Å². The Labute approximate surface area is 162 Å². The fourth-order valence-corrected chi connectivity index (χ4v) is 4.09. The molecule has 0 amide bonds. The molecule has 1 aromatic carbocycles. The molecule has 1 atom stereocenters. The summed E-state index contributed by atoms with van der Waals surface area (Å²) in [5.74, 6) is 1.56. The molecule has 2 aliphatic rings. The van der Waals surface area contributed by atoms with Crippen LogP contribution in [0.5, 0.6) is 11.5 Å². The molecule has 26 heavy (non-hydrogen) atoms. The smallest absolute Gasteiger partial charge is 0.173 e. The molecule has 2 aromatic rings. The summed E-state index contributed by atoms with van der Waals surface area (Å²) in [6.07, 6.45) is 2.46. The zero-order valence-electron chi connectivity index (χ0n) is 14.5. The van der Waals surface area contributed by atoms with Gasteiger partial charge in [-0.05, 0) is 48.6 Å². The van der Waals surface area contributed by atoms with Gasteiger partial charge >= 0.3 is 0 Å². The van der Waals surface area contributed by atoms with E-state index in [1.807, 2.05) is 18.2 Å². The first-order chi connectivity index (χ1) is 12.8. The van der Waals surface area contributed by atoms with Crippen molar-refractivity contribution in [2.45, 2.75) is 25.5 Å². The van der Waals surface area contributed by atoms with Gasteiger partial charge in [0.25, 0.3) is 0 Å². The van der Waals surface area contributed by atoms with Crippen LogP contribution >= 0.6 is 23.6 Å². The summed E-state index contributed by atoms with van der Waals surface area (Å²) in [7, 11) is 0. The number of hydrogen-bond donors (Lipinski definition) is 1. The summed E-state index contributed by atoms with van der Waals surface area (Å²) >= 11 is 7.44. The standard InChI is InChI=1S/C19H22N2O3S2/c25-19(20-12-15-3-1-7-22-15)21(13-16-4-2-10-26-16)14-5-6-17-18(11-14)24-9-8-23-17/h2,4-6,10-11,15H,1,3,7-9,12-13H2,(H,20,25)/t15-/m0/s1. The lowest BCUT2D eigenvalue weighted by atomic mass is 10.2. The van der Waals surface area contributed by atoms with Gasteiger partial charge in [0.1, 0.15) is 13.2 Å². The van der Waals surface area contributed by atoms with Crippen LogP contribution in [0.4, 0.5) is 5.69 Å². The minimum Gasteiger partial charge on any atom is -0.486 e. The van der Waals surface area contributed by atoms with Crippen LogP contribution in [-0.2, 0) is 11.3 Å². The second-order valence-electron chi connectivity index (χ2n) is 6.31. The highest BCUT2D eigenvalue weighted by atomic mass is 32.1. The molecule has 1 saturated heterocycles. The van der Waals surface area contributed by atoms with Crippen LogP contribution in [-0.4, -0.2) is 37.6 Å². The molecule has 0 radical (unpaired) electrons. The van der Waals surface area contributed by atoms with Crippen LogP contribution in [0, 0.1) is 0 Å². The molecule has 0 unspecified atom stereocenters. The third kappa shape index (κ3) is 4.11. The SMILES string of the molecule is S=C(NC[C@@H]1CCCO1)N(Cc1cccs1)c1ccc2c(c1)OCCO2. The Morgan fingerprint density at radius 2 is 2.08 bits per heavy atom. The molecular formula is C19H22N2O3S2. The van der Waals surface area contributed by atoms with Crippen LogP contribution in [0.1, 0.15) is 17.7 Å². The number of nitrogens with zero attached hydrogens (tertiary/aromatic N) is 1. The monoisotopic (exact) mass is 390 g/mol. The maximum absolute atomic E-state index is 5.74. The number of benzene rings is 1. The highest BCUT2D eigenvalue weighted by Crippen LogP contribution is 2.34. The van der Waals surface area contributed by atoms with Gasteiger partial charge in [0.2, 0.25) is 0 Å². The van der Waals surface area contributed by atoms with E-state index in [4.69, 9.17) is 26.4 Å². The molecule has 0 aliphatic carbocycles.